The summed E-state index contributed by atoms with van der Waals surface area (Å²) < 4.78 is 18.3. The number of pyridine rings is 1. The van der Waals surface area contributed by atoms with Crippen LogP contribution in [0.4, 0.5) is 0 Å². The highest BCUT2D eigenvalue weighted by atomic mass is 16.5. The standard InChI is InChI=1S/C23H25N5O4/c1-30-15-19-25-26-21(28(19)17-7-8-20(31-2)24-13-17)22(29)27-11-9-23(10-12-27)18-6-4-3-5-16(18)14-32-23/h3-8,13H,9-12,14-15H2,1-2H3. The predicted molar refractivity (Wildman–Crippen MR) is 114 cm³/mol. The van der Waals surface area contributed by atoms with E-state index in [1.807, 2.05) is 17.0 Å². The molecule has 1 aromatic carbocycles. The first kappa shape index (κ1) is 20.6. The van der Waals surface area contributed by atoms with Gasteiger partial charge in [-0.25, -0.2) is 4.98 Å². The van der Waals surface area contributed by atoms with Crippen LogP contribution in [-0.4, -0.2) is 57.9 Å². The summed E-state index contributed by atoms with van der Waals surface area (Å²) in [5.41, 5.74) is 2.86. The van der Waals surface area contributed by atoms with Crippen LogP contribution in [0.15, 0.2) is 42.6 Å². The summed E-state index contributed by atoms with van der Waals surface area (Å²) in [6, 6.07) is 11.9. The molecule has 0 aliphatic carbocycles. The molecule has 5 rings (SSSR count). The van der Waals surface area contributed by atoms with Crippen molar-refractivity contribution >= 4 is 5.91 Å². The Morgan fingerprint density at radius 3 is 2.66 bits per heavy atom. The molecule has 1 spiro atoms. The number of carbonyl (C=O) groups excluding carboxylic acids is 1. The van der Waals surface area contributed by atoms with Gasteiger partial charge >= 0.3 is 0 Å². The van der Waals surface area contributed by atoms with E-state index in [0.717, 1.165) is 12.8 Å². The molecular formula is C23H25N5O4. The minimum Gasteiger partial charge on any atom is -0.481 e. The fourth-order valence-electron chi connectivity index (χ4n) is 4.58. The lowest BCUT2D eigenvalue weighted by Gasteiger charge is -2.39. The monoisotopic (exact) mass is 435 g/mol. The molecule has 2 aliphatic heterocycles. The van der Waals surface area contributed by atoms with Gasteiger partial charge in [0.25, 0.3) is 5.91 Å². The molecule has 32 heavy (non-hydrogen) atoms. The maximum absolute atomic E-state index is 13.5. The molecule has 0 N–H and O–H groups in total. The fraction of sp³-hybridized carbons (Fsp3) is 0.391. The molecule has 166 valence electrons. The molecule has 2 aromatic heterocycles. The maximum atomic E-state index is 13.5. The zero-order chi connectivity index (χ0) is 22.1. The lowest BCUT2D eigenvalue weighted by Crippen LogP contribution is -2.45. The second-order valence-electron chi connectivity index (χ2n) is 8.00. The van der Waals surface area contributed by atoms with Crippen LogP contribution < -0.4 is 4.74 Å². The number of rotatable bonds is 5. The third kappa shape index (κ3) is 3.43. The Balaban J connectivity index is 1.39. The molecule has 1 saturated heterocycles. The molecule has 1 fully saturated rings. The van der Waals surface area contributed by atoms with Crippen molar-refractivity contribution in [2.75, 3.05) is 27.3 Å². The summed E-state index contributed by atoms with van der Waals surface area (Å²) in [6.07, 6.45) is 3.13. The zero-order valence-electron chi connectivity index (χ0n) is 18.2. The number of fused-ring (bicyclic) bond motifs is 2. The molecule has 9 heteroatoms. The zero-order valence-corrected chi connectivity index (χ0v) is 18.2. The highest BCUT2D eigenvalue weighted by molar-refractivity contribution is 5.91. The van der Waals surface area contributed by atoms with E-state index < -0.39 is 0 Å². The van der Waals surface area contributed by atoms with Gasteiger partial charge in [0.2, 0.25) is 11.7 Å². The van der Waals surface area contributed by atoms with Crippen molar-refractivity contribution in [3.05, 3.63) is 65.4 Å². The van der Waals surface area contributed by atoms with Gasteiger partial charge in [0.15, 0.2) is 5.82 Å². The number of likely N-dealkylation sites (tertiary alicyclic amines) is 1. The number of benzene rings is 1. The molecule has 0 radical (unpaired) electrons. The summed E-state index contributed by atoms with van der Waals surface area (Å²) in [7, 11) is 3.14. The molecule has 0 atom stereocenters. The Labute approximate surface area is 185 Å². The normalized spacial score (nSPS) is 16.9. The Bertz CT molecular complexity index is 1120. The minimum atomic E-state index is -0.303. The van der Waals surface area contributed by atoms with Gasteiger partial charge in [-0.15, -0.1) is 10.2 Å². The molecule has 4 heterocycles. The first-order valence-corrected chi connectivity index (χ1v) is 10.6. The number of carbonyl (C=O) groups is 1. The predicted octanol–water partition coefficient (Wildman–Crippen LogP) is 2.48. The lowest BCUT2D eigenvalue weighted by atomic mass is 9.84. The van der Waals surface area contributed by atoms with Crippen LogP contribution in [0.5, 0.6) is 5.88 Å². The van der Waals surface area contributed by atoms with Crippen LogP contribution in [0.1, 0.15) is 40.4 Å². The lowest BCUT2D eigenvalue weighted by molar-refractivity contribution is -0.0743. The quantitative estimate of drug-likeness (QED) is 0.608. The molecule has 0 bridgehead atoms. The van der Waals surface area contributed by atoms with Crippen molar-refractivity contribution in [3.63, 3.8) is 0 Å². The SMILES string of the molecule is COCc1nnc(C(=O)N2CCC3(CC2)OCc2ccccc23)n1-c1ccc(OC)nc1. The first-order chi connectivity index (χ1) is 15.6. The summed E-state index contributed by atoms with van der Waals surface area (Å²) >= 11 is 0. The van der Waals surface area contributed by atoms with Gasteiger partial charge in [0.05, 0.1) is 31.2 Å². The maximum Gasteiger partial charge on any atom is 0.292 e. The largest absolute Gasteiger partial charge is 0.481 e. The molecule has 0 saturated carbocycles. The van der Waals surface area contributed by atoms with Gasteiger partial charge < -0.3 is 19.1 Å². The van der Waals surface area contributed by atoms with Gasteiger partial charge in [-0.1, -0.05) is 24.3 Å². The molecule has 2 aliphatic rings. The van der Waals surface area contributed by atoms with Crippen LogP contribution in [0.2, 0.25) is 0 Å². The highest BCUT2D eigenvalue weighted by Gasteiger charge is 2.43. The summed E-state index contributed by atoms with van der Waals surface area (Å²) in [6.45, 7) is 2.02. The van der Waals surface area contributed by atoms with Crippen LogP contribution in [0.25, 0.3) is 5.69 Å². The molecule has 1 amide bonds. The number of ether oxygens (including phenoxy) is 3. The smallest absolute Gasteiger partial charge is 0.292 e. The number of piperidine rings is 1. The van der Waals surface area contributed by atoms with Crippen molar-refractivity contribution < 1.29 is 19.0 Å². The summed E-state index contributed by atoms with van der Waals surface area (Å²) in [5, 5.41) is 8.40. The molecular weight excluding hydrogens is 410 g/mol. The second kappa shape index (κ2) is 8.33. The van der Waals surface area contributed by atoms with E-state index in [9.17, 15) is 4.79 Å². The van der Waals surface area contributed by atoms with Crippen molar-refractivity contribution in [2.45, 2.75) is 31.7 Å². The van der Waals surface area contributed by atoms with E-state index in [2.05, 4.69) is 33.4 Å². The minimum absolute atomic E-state index is 0.170. The molecule has 0 unspecified atom stereocenters. The van der Waals surface area contributed by atoms with Crippen LogP contribution in [0.3, 0.4) is 0 Å². The van der Waals surface area contributed by atoms with Gasteiger partial charge in [-0.2, -0.15) is 0 Å². The average Bonchev–Trinajstić information content (AvgIpc) is 3.42. The van der Waals surface area contributed by atoms with Crippen LogP contribution in [0, 0.1) is 0 Å². The van der Waals surface area contributed by atoms with Crippen molar-refractivity contribution in [3.8, 4) is 11.6 Å². The van der Waals surface area contributed by atoms with E-state index in [1.165, 1.54) is 11.1 Å². The van der Waals surface area contributed by atoms with Crippen LogP contribution >= 0.6 is 0 Å². The van der Waals surface area contributed by atoms with Gasteiger partial charge in [0, 0.05) is 26.3 Å². The van der Waals surface area contributed by atoms with Crippen molar-refractivity contribution in [1.82, 2.24) is 24.6 Å². The van der Waals surface area contributed by atoms with Crippen LogP contribution in [-0.2, 0) is 28.3 Å². The molecule has 3 aromatic rings. The van der Waals surface area contributed by atoms with E-state index >= 15 is 0 Å². The van der Waals surface area contributed by atoms with E-state index in [4.69, 9.17) is 14.2 Å². The van der Waals surface area contributed by atoms with Crippen molar-refractivity contribution in [1.29, 1.82) is 0 Å². The summed E-state index contributed by atoms with van der Waals surface area (Å²) in [5.74, 6) is 1.09. The number of methoxy groups -OCH3 is 2. The number of hydrogen-bond acceptors (Lipinski definition) is 7. The third-order valence-electron chi connectivity index (χ3n) is 6.25. The van der Waals surface area contributed by atoms with Gasteiger partial charge in [-0.3, -0.25) is 9.36 Å². The average molecular weight is 435 g/mol. The van der Waals surface area contributed by atoms with Gasteiger partial charge in [-0.05, 0) is 30.0 Å². The van der Waals surface area contributed by atoms with E-state index in [-0.39, 0.29) is 23.9 Å². The Kier molecular flexibility index (Phi) is 5.36. The molecule has 9 nitrogen and oxygen atoms in total. The van der Waals surface area contributed by atoms with E-state index in [1.54, 1.807) is 31.0 Å². The number of nitrogens with zero attached hydrogens (tertiary/aromatic N) is 5. The summed E-state index contributed by atoms with van der Waals surface area (Å²) in [4.78, 5) is 19.5. The Morgan fingerprint density at radius 1 is 1.12 bits per heavy atom. The van der Waals surface area contributed by atoms with Crippen molar-refractivity contribution in [2.24, 2.45) is 0 Å². The number of amides is 1. The number of aromatic nitrogens is 4. The topological polar surface area (TPSA) is 91.6 Å². The highest BCUT2D eigenvalue weighted by Crippen LogP contribution is 2.44. The van der Waals surface area contributed by atoms with E-state index in [0.29, 0.717) is 37.1 Å². The Hall–Kier alpha value is -3.30. The first-order valence-electron chi connectivity index (χ1n) is 10.6. The third-order valence-corrected chi connectivity index (χ3v) is 6.25. The van der Waals surface area contributed by atoms with Gasteiger partial charge in [0.1, 0.15) is 6.61 Å². The Morgan fingerprint density at radius 2 is 1.94 bits per heavy atom. The second-order valence-corrected chi connectivity index (χ2v) is 8.00. The number of hydrogen-bond donors (Lipinski definition) is 0. The fourth-order valence-corrected chi connectivity index (χ4v) is 4.58.